The number of anilines is 1. The van der Waals surface area contributed by atoms with Gasteiger partial charge in [-0.05, 0) is 54.3 Å². The van der Waals surface area contributed by atoms with Crippen LogP contribution in [0.1, 0.15) is 41.0 Å². The smallest absolute Gasteiger partial charge is 0.301 e. The quantitative estimate of drug-likeness (QED) is 0.0659. The third-order valence-electron chi connectivity index (χ3n) is 7.04. The average molecular weight is 637 g/mol. The number of aliphatic hydroxyl groups is 1. The highest BCUT2D eigenvalue weighted by Gasteiger charge is 2.48. The first-order valence-corrected chi connectivity index (χ1v) is 15.6. The van der Waals surface area contributed by atoms with Crippen LogP contribution in [0.15, 0.2) is 76.8 Å². The van der Waals surface area contributed by atoms with Crippen LogP contribution in [0, 0.1) is 6.92 Å². The van der Waals surface area contributed by atoms with Crippen LogP contribution in [-0.4, -0.2) is 36.4 Å². The zero-order chi connectivity index (χ0) is 29.5. The largest absolute Gasteiger partial charge is 0.505 e. The Balaban J connectivity index is 1.43. The van der Waals surface area contributed by atoms with Gasteiger partial charge in [0.2, 0.25) is 5.13 Å². The molecule has 0 radical (unpaired) electrons. The highest BCUT2D eigenvalue weighted by Crippen LogP contribution is 2.44. The molecule has 212 valence electrons. The Labute approximate surface area is 259 Å². The molecule has 3 aromatic heterocycles. The minimum atomic E-state index is -0.916. The Morgan fingerprint density at radius 1 is 1.07 bits per heavy atom. The van der Waals surface area contributed by atoms with E-state index in [0.29, 0.717) is 42.7 Å². The fourth-order valence-corrected chi connectivity index (χ4v) is 7.37. The molecule has 1 saturated heterocycles. The Bertz CT molecular complexity index is 1880. The first-order chi connectivity index (χ1) is 20.3. The van der Waals surface area contributed by atoms with Crippen molar-refractivity contribution in [3.8, 4) is 0 Å². The number of ketones is 1. The van der Waals surface area contributed by atoms with Crippen molar-refractivity contribution in [3.05, 3.63) is 111 Å². The Morgan fingerprint density at radius 3 is 2.60 bits per heavy atom. The normalized spacial score (nSPS) is 16.6. The summed E-state index contributed by atoms with van der Waals surface area (Å²) in [4.78, 5) is 33.1. The SMILES string of the molecule is CCc1ccc(C2C(=C(O)c3c(C)nc4ccccn34)C(=O)C(=O)N2c2nnc(SCc3ccc(Cl)cc3Cl)s2)cc1. The molecule has 5 aromatic rings. The molecule has 0 aliphatic carbocycles. The van der Waals surface area contributed by atoms with E-state index in [1.54, 1.807) is 35.7 Å². The highest BCUT2D eigenvalue weighted by atomic mass is 35.5. The topological polar surface area (TPSA) is 101 Å². The number of aryl methyl sites for hydroxylation is 2. The van der Waals surface area contributed by atoms with Gasteiger partial charge in [0.25, 0.3) is 5.78 Å². The zero-order valence-corrected chi connectivity index (χ0v) is 25.6. The number of aromatic nitrogens is 4. The predicted octanol–water partition coefficient (Wildman–Crippen LogP) is 7.28. The van der Waals surface area contributed by atoms with Gasteiger partial charge in [-0.25, -0.2) is 4.98 Å². The van der Waals surface area contributed by atoms with E-state index in [4.69, 9.17) is 23.2 Å². The van der Waals surface area contributed by atoms with Crippen molar-refractivity contribution in [2.75, 3.05) is 4.90 Å². The fraction of sp³-hybridized carbons (Fsp3) is 0.167. The van der Waals surface area contributed by atoms with Gasteiger partial charge in [0.05, 0.1) is 17.3 Å². The number of benzene rings is 2. The molecule has 42 heavy (non-hydrogen) atoms. The van der Waals surface area contributed by atoms with Crippen molar-refractivity contribution in [1.82, 2.24) is 19.6 Å². The van der Waals surface area contributed by atoms with E-state index in [2.05, 4.69) is 15.2 Å². The molecule has 12 heteroatoms. The maximum atomic E-state index is 13.6. The van der Waals surface area contributed by atoms with Gasteiger partial charge in [0.15, 0.2) is 10.1 Å². The van der Waals surface area contributed by atoms with E-state index in [0.717, 1.165) is 17.5 Å². The minimum Gasteiger partial charge on any atom is -0.505 e. The van der Waals surface area contributed by atoms with E-state index in [-0.39, 0.29) is 16.5 Å². The molecule has 6 rings (SSSR count). The Hall–Kier alpha value is -3.70. The van der Waals surface area contributed by atoms with Gasteiger partial charge in [-0.3, -0.25) is 18.9 Å². The molecule has 1 unspecified atom stereocenters. The van der Waals surface area contributed by atoms with Gasteiger partial charge < -0.3 is 5.11 Å². The summed E-state index contributed by atoms with van der Waals surface area (Å²) in [5, 5.41) is 21.6. The van der Waals surface area contributed by atoms with E-state index >= 15 is 0 Å². The summed E-state index contributed by atoms with van der Waals surface area (Å²) in [7, 11) is 0. The lowest BCUT2D eigenvalue weighted by Crippen LogP contribution is -2.29. The third kappa shape index (κ3) is 5.09. The molecule has 1 fully saturated rings. The summed E-state index contributed by atoms with van der Waals surface area (Å²) >= 11 is 14.9. The van der Waals surface area contributed by atoms with E-state index in [1.165, 1.54) is 28.0 Å². The predicted molar refractivity (Wildman–Crippen MR) is 166 cm³/mol. The first-order valence-electron chi connectivity index (χ1n) is 13.0. The van der Waals surface area contributed by atoms with E-state index in [9.17, 15) is 14.7 Å². The summed E-state index contributed by atoms with van der Waals surface area (Å²) in [5.41, 5.74) is 4.10. The maximum absolute atomic E-state index is 13.6. The number of Topliss-reactive ketones (excluding diaryl/α,β-unsaturated/α-hetero) is 1. The van der Waals surface area contributed by atoms with Gasteiger partial charge in [-0.2, -0.15) is 0 Å². The number of halogens is 2. The summed E-state index contributed by atoms with van der Waals surface area (Å²) < 4.78 is 2.30. The molecule has 0 bridgehead atoms. The van der Waals surface area contributed by atoms with Crippen LogP contribution in [0.3, 0.4) is 0 Å². The number of hydrogen-bond donors (Lipinski definition) is 1. The van der Waals surface area contributed by atoms with E-state index < -0.39 is 17.7 Å². The molecule has 0 saturated carbocycles. The molecule has 1 N–H and O–H groups in total. The number of imidazole rings is 1. The number of aliphatic hydroxyl groups excluding tert-OH is 1. The summed E-state index contributed by atoms with van der Waals surface area (Å²) in [6, 6.07) is 17.5. The van der Waals surface area contributed by atoms with Crippen LogP contribution in [0.5, 0.6) is 0 Å². The number of nitrogens with zero attached hydrogens (tertiary/aromatic N) is 5. The second-order valence-corrected chi connectivity index (χ2v) is 12.6. The van der Waals surface area contributed by atoms with Gasteiger partial charge in [-0.1, -0.05) is 89.6 Å². The average Bonchev–Trinajstić information content (AvgIpc) is 3.66. The molecule has 2 aromatic carbocycles. The molecule has 4 heterocycles. The number of carbonyl (C=O) groups is 2. The number of pyridine rings is 1. The van der Waals surface area contributed by atoms with Crippen molar-refractivity contribution in [2.45, 2.75) is 36.4 Å². The number of rotatable bonds is 7. The number of amides is 1. The second kappa shape index (κ2) is 11.5. The molecule has 1 atom stereocenters. The number of fused-ring (bicyclic) bond motifs is 1. The first kappa shape index (κ1) is 28.4. The molecular formula is C30H23Cl2N5O3S2. The van der Waals surface area contributed by atoms with Crippen LogP contribution in [-0.2, 0) is 21.8 Å². The zero-order valence-electron chi connectivity index (χ0n) is 22.4. The molecule has 1 aliphatic heterocycles. The van der Waals surface area contributed by atoms with Crippen molar-refractivity contribution in [2.24, 2.45) is 0 Å². The van der Waals surface area contributed by atoms with Crippen molar-refractivity contribution in [1.29, 1.82) is 0 Å². The lowest BCUT2D eigenvalue weighted by molar-refractivity contribution is -0.132. The van der Waals surface area contributed by atoms with Crippen LogP contribution in [0.4, 0.5) is 5.13 Å². The lowest BCUT2D eigenvalue weighted by Gasteiger charge is -2.22. The fourth-order valence-electron chi connectivity index (χ4n) is 4.94. The number of carbonyl (C=O) groups excluding carboxylic acids is 2. The van der Waals surface area contributed by atoms with Gasteiger partial charge in [0.1, 0.15) is 11.3 Å². The van der Waals surface area contributed by atoms with E-state index in [1.807, 2.05) is 49.4 Å². The Kier molecular flexibility index (Phi) is 7.80. The van der Waals surface area contributed by atoms with Crippen molar-refractivity contribution >= 4 is 74.5 Å². The van der Waals surface area contributed by atoms with Crippen molar-refractivity contribution in [3.63, 3.8) is 0 Å². The van der Waals surface area contributed by atoms with Crippen LogP contribution < -0.4 is 4.90 Å². The number of hydrogen-bond acceptors (Lipinski definition) is 8. The third-order valence-corrected chi connectivity index (χ3v) is 9.74. The molecule has 0 spiro atoms. The van der Waals surface area contributed by atoms with Gasteiger partial charge in [-0.15, -0.1) is 10.2 Å². The lowest BCUT2D eigenvalue weighted by atomic mass is 9.95. The highest BCUT2D eigenvalue weighted by molar-refractivity contribution is 8.00. The summed E-state index contributed by atoms with van der Waals surface area (Å²) in [6.45, 7) is 3.80. The molecule has 8 nitrogen and oxygen atoms in total. The monoisotopic (exact) mass is 635 g/mol. The molecule has 1 aliphatic rings. The summed E-state index contributed by atoms with van der Waals surface area (Å²) in [5.74, 6) is -1.38. The van der Waals surface area contributed by atoms with Gasteiger partial charge in [0, 0.05) is 22.0 Å². The standard InChI is InChI=1S/C30H23Cl2N5O3S2/c1-3-17-7-9-18(10-8-17)25-23(26(38)24-16(2)33-22-6-4-5-13-36(22)24)27(39)28(40)37(25)29-34-35-30(42-29)41-15-19-11-12-20(31)14-21(19)32/h4-14,25,38H,3,15H2,1-2H3. The van der Waals surface area contributed by atoms with Crippen LogP contribution in [0.25, 0.3) is 11.4 Å². The van der Waals surface area contributed by atoms with Gasteiger partial charge >= 0.3 is 5.91 Å². The summed E-state index contributed by atoms with van der Waals surface area (Å²) in [6.07, 6.45) is 2.59. The molecule has 1 amide bonds. The molecular weight excluding hydrogens is 613 g/mol. The van der Waals surface area contributed by atoms with Crippen LogP contribution >= 0.6 is 46.3 Å². The maximum Gasteiger partial charge on any atom is 0.301 e. The minimum absolute atomic E-state index is 0.0321. The second-order valence-electron chi connectivity index (χ2n) is 9.61. The van der Waals surface area contributed by atoms with Crippen molar-refractivity contribution < 1.29 is 14.7 Å². The number of thioether (sulfide) groups is 1. The Morgan fingerprint density at radius 2 is 1.86 bits per heavy atom. The van der Waals surface area contributed by atoms with Crippen LogP contribution in [0.2, 0.25) is 10.0 Å².